The van der Waals surface area contributed by atoms with Gasteiger partial charge in [0.05, 0.1) is 43.3 Å². The Hall–Kier alpha value is -2.49. The largest absolute Gasteiger partial charge is 0.748 e. The van der Waals surface area contributed by atoms with Gasteiger partial charge in [-0.25, -0.2) is 21.2 Å². The van der Waals surface area contributed by atoms with E-state index in [0.717, 1.165) is 25.5 Å². The molecule has 0 bridgehead atoms. The van der Waals surface area contributed by atoms with E-state index >= 15 is 0 Å². The lowest BCUT2D eigenvalue weighted by Gasteiger charge is -2.20. The average Bonchev–Trinajstić information content (AvgIpc) is 3.48. The van der Waals surface area contributed by atoms with E-state index < -0.39 is 37.6 Å². The second-order valence-corrected chi connectivity index (χ2v) is 13.6. The number of nitrogens with zero attached hydrogens (tertiary/aromatic N) is 2. The molecule has 14 heteroatoms. The Morgan fingerprint density at radius 2 is 1.78 bits per heavy atom. The highest BCUT2D eigenvalue weighted by Crippen LogP contribution is 2.47. The minimum absolute atomic E-state index is 0.0560. The van der Waals surface area contributed by atoms with E-state index in [1.807, 2.05) is 28.8 Å². The van der Waals surface area contributed by atoms with Gasteiger partial charge in [-0.3, -0.25) is 0 Å². The second-order valence-electron chi connectivity index (χ2n) is 8.42. The van der Waals surface area contributed by atoms with Crippen LogP contribution in [0.3, 0.4) is 0 Å². The lowest BCUT2D eigenvalue weighted by molar-refractivity contribution is -0.668. The zero-order chi connectivity index (χ0) is 26.4. The molecule has 196 valence electrons. The van der Waals surface area contributed by atoms with Crippen molar-refractivity contribution in [2.75, 3.05) is 23.0 Å². The van der Waals surface area contributed by atoms with Crippen molar-refractivity contribution in [3.63, 3.8) is 0 Å². The van der Waals surface area contributed by atoms with Gasteiger partial charge < -0.3 is 18.4 Å². The van der Waals surface area contributed by atoms with Crippen LogP contribution in [0.15, 0.2) is 57.0 Å². The normalized spacial score (nSPS) is 15.3. The van der Waals surface area contributed by atoms with Crippen LogP contribution >= 0.6 is 23.1 Å². The molecule has 0 N–H and O–H groups in total. The number of thiazole rings is 1. The van der Waals surface area contributed by atoms with E-state index in [-0.39, 0.29) is 25.9 Å². The summed E-state index contributed by atoms with van der Waals surface area (Å²) >= 11 is 2.81. The summed E-state index contributed by atoms with van der Waals surface area (Å²) in [7, 11) is -8.79. The average molecular weight is 584 g/mol. The molecule has 0 atom stereocenters. The number of thioether (sulfide) groups is 1. The minimum Gasteiger partial charge on any atom is -0.748 e. The van der Waals surface area contributed by atoms with Crippen molar-refractivity contribution in [1.29, 1.82) is 0 Å². The number of hydrogen-bond donors (Lipinski definition) is 0. The predicted molar refractivity (Wildman–Crippen MR) is 138 cm³/mol. The molecule has 0 spiro atoms. The van der Waals surface area contributed by atoms with Gasteiger partial charge in [0.2, 0.25) is 5.58 Å². The van der Waals surface area contributed by atoms with E-state index in [1.165, 1.54) is 35.2 Å². The Bertz CT molecular complexity index is 1740. The molecule has 0 aliphatic carbocycles. The summed E-state index contributed by atoms with van der Waals surface area (Å²) in [5.41, 5.74) is 1.96. The fourth-order valence-electron chi connectivity index (χ4n) is 4.26. The number of fused-ring (bicyclic) bond motifs is 4. The third kappa shape index (κ3) is 5.84. The molecule has 2 aromatic heterocycles. The van der Waals surface area contributed by atoms with Gasteiger partial charge in [0.15, 0.2) is 6.54 Å². The number of hydrogen-bond acceptors (Lipinski definition) is 10. The number of aromatic nitrogens is 1. The monoisotopic (exact) mass is 583 g/mol. The first-order valence-corrected chi connectivity index (χ1v) is 15.9. The molecule has 0 amide bonds. The number of anilines is 1. The first kappa shape index (κ1) is 26.1. The Kier molecular flexibility index (Phi) is 7.06. The Morgan fingerprint density at radius 3 is 2.54 bits per heavy atom. The maximum atomic E-state index is 14.1. The standard InChI is InChI=1S/C23H21FN2O7S4/c24-16-4-6-18-17(13-16)25(8-1-11-36(27,28)29)20(34-18)14-21-26(9-2-12-37(30,31)32)22-19(35-21)5-3-15-7-10-33-23(15)22/h3-7,10,13-14H,1-2,8-9,11-12H2,(H-,27,28,29,30,31,32)/p-1. The number of furan rings is 1. The van der Waals surface area contributed by atoms with Crippen molar-refractivity contribution >= 4 is 76.3 Å². The topological polar surface area (TPSA) is 135 Å². The predicted octanol–water partition coefficient (Wildman–Crippen LogP) is 3.86. The lowest BCUT2D eigenvalue weighted by Crippen LogP contribution is -2.36. The van der Waals surface area contributed by atoms with Crippen LogP contribution in [-0.2, 0) is 26.8 Å². The molecule has 37 heavy (non-hydrogen) atoms. The van der Waals surface area contributed by atoms with E-state index in [1.54, 1.807) is 17.2 Å². The van der Waals surface area contributed by atoms with Crippen molar-refractivity contribution in [2.24, 2.45) is 0 Å². The van der Waals surface area contributed by atoms with Crippen molar-refractivity contribution in [1.82, 2.24) is 0 Å². The van der Waals surface area contributed by atoms with Crippen LogP contribution < -0.4 is 9.47 Å². The van der Waals surface area contributed by atoms with Crippen LogP contribution in [0.5, 0.6) is 0 Å². The van der Waals surface area contributed by atoms with E-state index in [0.29, 0.717) is 16.3 Å². The van der Waals surface area contributed by atoms with Crippen molar-refractivity contribution in [2.45, 2.75) is 24.3 Å². The third-order valence-electron chi connectivity index (χ3n) is 5.80. The molecule has 4 aromatic rings. The summed E-state index contributed by atoms with van der Waals surface area (Å²) in [5.74, 6) is -1.51. The van der Waals surface area contributed by atoms with Gasteiger partial charge in [-0.2, -0.15) is 4.57 Å². The molecule has 9 nitrogen and oxygen atoms in total. The Labute approximate surface area is 220 Å². The van der Waals surface area contributed by atoms with Crippen LogP contribution in [0.4, 0.5) is 10.1 Å². The smallest absolute Gasteiger partial charge is 0.267 e. The molecular formula is C23H20FN2O7S4-. The molecule has 3 heterocycles. The highest BCUT2D eigenvalue weighted by molar-refractivity contribution is 8.04. The van der Waals surface area contributed by atoms with Crippen LogP contribution in [-0.4, -0.2) is 44.0 Å². The Balaban J connectivity index is 1.58. The molecule has 0 radical (unpaired) electrons. The molecule has 0 saturated heterocycles. The van der Waals surface area contributed by atoms with E-state index in [2.05, 4.69) is 0 Å². The SMILES string of the molecule is O=S(=O)([O-])CCCN1/C(=C/c2sc3ccc4ccoc4c3[n+]2CCCS(=O)(=O)[O-])Sc2ccc(F)cc21. The van der Waals surface area contributed by atoms with Gasteiger partial charge in [0.25, 0.3) is 10.5 Å². The van der Waals surface area contributed by atoms with Gasteiger partial charge in [-0.1, -0.05) is 23.1 Å². The van der Waals surface area contributed by atoms with Gasteiger partial charge in [0.1, 0.15) is 10.5 Å². The van der Waals surface area contributed by atoms with Gasteiger partial charge in [-0.15, -0.1) is 0 Å². The summed E-state index contributed by atoms with van der Waals surface area (Å²) in [6.45, 7) is 0.416. The van der Waals surface area contributed by atoms with Gasteiger partial charge >= 0.3 is 0 Å². The van der Waals surface area contributed by atoms with Crippen LogP contribution in [0.1, 0.15) is 17.8 Å². The van der Waals surface area contributed by atoms with E-state index in [4.69, 9.17) is 4.42 Å². The zero-order valence-electron chi connectivity index (χ0n) is 19.1. The highest BCUT2D eigenvalue weighted by Gasteiger charge is 2.29. The number of benzene rings is 2. The summed E-state index contributed by atoms with van der Waals surface area (Å²) in [6.07, 6.45) is 3.58. The van der Waals surface area contributed by atoms with Crippen LogP contribution in [0, 0.1) is 5.82 Å². The lowest BCUT2D eigenvalue weighted by atomic mass is 10.2. The summed E-state index contributed by atoms with van der Waals surface area (Å²) in [5, 5.41) is 2.30. The molecule has 1 aliphatic heterocycles. The first-order valence-electron chi connectivity index (χ1n) is 11.1. The molecule has 0 saturated carbocycles. The maximum absolute atomic E-state index is 14.1. The van der Waals surface area contributed by atoms with Crippen LogP contribution in [0.25, 0.3) is 27.3 Å². The number of rotatable bonds is 9. The maximum Gasteiger partial charge on any atom is 0.267 e. The fraction of sp³-hybridized carbons (Fsp3) is 0.261. The molecule has 0 fully saturated rings. The minimum atomic E-state index is -4.40. The van der Waals surface area contributed by atoms with Crippen LogP contribution in [0.2, 0.25) is 0 Å². The van der Waals surface area contributed by atoms with Crippen molar-refractivity contribution in [3.05, 3.63) is 58.5 Å². The Morgan fingerprint density at radius 1 is 1.03 bits per heavy atom. The van der Waals surface area contributed by atoms with Crippen molar-refractivity contribution in [3.8, 4) is 0 Å². The summed E-state index contributed by atoms with van der Waals surface area (Å²) < 4.78 is 89.7. The molecule has 5 rings (SSSR count). The number of halogens is 1. The molecule has 1 aliphatic rings. The fourth-order valence-corrected chi connectivity index (χ4v) is 7.53. The third-order valence-corrected chi connectivity index (χ3v) is 9.59. The van der Waals surface area contributed by atoms with Gasteiger partial charge in [0, 0.05) is 34.8 Å². The molecule has 0 unspecified atom stereocenters. The van der Waals surface area contributed by atoms with Crippen molar-refractivity contribution < 1.29 is 39.3 Å². The number of aryl methyl sites for hydroxylation is 1. The molecular weight excluding hydrogens is 564 g/mol. The molecule has 2 aromatic carbocycles. The van der Waals surface area contributed by atoms with Gasteiger partial charge in [-0.05, 0) is 42.8 Å². The summed E-state index contributed by atoms with van der Waals surface area (Å²) in [6, 6.07) is 10.0. The van der Waals surface area contributed by atoms with E-state index in [9.17, 15) is 30.3 Å². The zero-order valence-corrected chi connectivity index (χ0v) is 22.4. The first-order chi connectivity index (χ1) is 17.5. The highest BCUT2D eigenvalue weighted by atomic mass is 32.2. The quantitative estimate of drug-likeness (QED) is 0.213. The summed E-state index contributed by atoms with van der Waals surface area (Å²) in [4.78, 5) is 2.55. The second kappa shape index (κ2) is 10.0.